The minimum Gasteiger partial charge on any atom is -0.510 e. The second kappa shape index (κ2) is 10.4. The van der Waals surface area contributed by atoms with Gasteiger partial charge in [-0.2, -0.15) is 0 Å². The topological polar surface area (TPSA) is 108 Å². The minimum absolute atomic E-state index is 0.297. The van der Waals surface area contributed by atoms with E-state index >= 15 is 0 Å². The van der Waals surface area contributed by atoms with Crippen molar-refractivity contribution in [2.45, 2.75) is 58.3 Å². The average Bonchev–Trinajstić information content (AvgIpc) is 2.65. The molecular weight excluding hydrogens is 346 g/mol. The fourth-order valence-electron chi connectivity index (χ4n) is 3.02. The molecule has 7 heteroatoms. The van der Waals surface area contributed by atoms with Gasteiger partial charge in [0.25, 0.3) is 11.8 Å². The maximum atomic E-state index is 12.2. The summed E-state index contributed by atoms with van der Waals surface area (Å²) in [6.07, 6.45) is 14.6. The Morgan fingerprint density at radius 3 is 2.52 bits per heavy atom. The van der Waals surface area contributed by atoms with E-state index in [0.29, 0.717) is 12.1 Å². The number of carbonyl (C=O) groups excluding carboxylic acids is 3. The lowest BCUT2D eigenvalue weighted by atomic mass is 9.90. The van der Waals surface area contributed by atoms with Crippen molar-refractivity contribution in [3.63, 3.8) is 0 Å². The van der Waals surface area contributed by atoms with E-state index < -0.39 is 23.3 Å². The summed E-state index contributed by atoms with van der Waals surface area (Å²) >= 11 is 0. The normalized spacial score (nSPS) is 18.2. The van der Waals surface area contributed by atoms with Gasteiger partial charge < -0.3 is 5.11 Å². The molecule has 2 rings (SSSR count). The number of nitrogens with one attached hydrogen (secondary N) is 2. The van der Waals surface area contributed by atoms with Crippen molar-refractivity contribution in [1.29, 1.82) is 0 Å². The molecule has 3 N–H and O–H groups in total. The molecule has 0 spiro atoms. The number of amides is 3. The summed E-state index contributed by atoms with van der Waals surface area (Å²) in [6, 6.07) is 0. The molecule has 0 saturated carbocycles. The van der Waals surface area contributed by atoms with E-state index in [1.807, 2.05) is 0 Å². The second-order valence-electron chi connectivity index (χ2n) is 6.70. The van der Waals surface area contributed by atoms with Gasteiger partial charge in [-0.05, 0) is 12.5 Å². The molecule has 1 heterocycles. The highest BCUT2D eigenvalue weighted by atomic mass is 16.3. The highest BCUT2D eigenvalue weighted by Gasteiger charge is 2.34. The Balaban J connectivity index is 1.75. The third kappa shape index (κ3) is 5.91. The number of aliphatic hydroxyl groups excluding tert-OH is 1. The molecule has 0 bridgehead atoms. The molecule has 1 unspecified atom stereocenters. The fraction of sp³-hybridized carbons (Fsp3) is 0.500. The van der Waals surface area contributed by atoms with Crippen LogP contribution >= 0.6 is 0 Å². The van der Waals surface area contributed by atoms with Crippen molar-refractivity contribution in [1.82, 2.24) is 10.9 Å². The molecule has 2 aliphatic rings. The van der Waals surface area contributed by atoms with E-state index in [0.717, 1.165) is 19.3 Å². The first-order chi connectivity index (χ1) is 13.0. The summed E-state index contributed by atoms with van der Waals surface area (Å²) in [6.45, 7) is 2.17. The Morgan fingerprint density at radius 2 is 1.78 bits per heavy atom. The molecule has 27 heavy (non-hydrogen) atoms. The largest absolute Gasteiger partial charge is 0.510 e. The van der Waals surface area contributed by atoms with Gasteiger partial charge >= 0.3 is 0 Å². The Bertz CT molecular complexity index is 704. The lowest BCUT2D eigenvalue weighted by Gasteiger charge is -2.21. The number of hydrogen-bond donors (Lipinski definition) is 3. The molecule has 0 saturated heterocycles. The van der Waals surface area contributed by atoms with Crippen LogP contribution in [0.5, 0.6) is 0 Å². The maximum absolute atomic E-state index is 12.2. The molecule has 146 valence electrons. The molecule has 7 nitrogen and oxygen atoms in total. The highest BCUT2D eigenvalue weighted by molar-refractivity contribution is 6.25. The summed E-state index contributed by atoms with van der Waals surface area (Å²) in [5.74, 6) is -2.99. The Kier molecular flexibility index (Phi) is 7.98. The summed E-state index contributed by atoms with van der Waals surface area (Å²) < 4.78 is 0. The number of unbranched alkanes of at least 4 members (excludes halogenated alkanes) is 6. The number of hydrogen-bond acceptors (Lipinski definition) is 4. The standard InChI is InChI=1S/C20H27N3O4/c1-2-3-4-5-6-7-8-13-16(24)22-23-20(27)17-18(25)14-11-9-10-12-15(14)21-19(17)26/h9-12,14,25H,2-8,13H2,1H3,(H,22,24)(H,23,27). The quantitative estimate of drug-likeness (QED) is 0.328. The van der Waals surface area contributed by atoms with Crippen LogP contribution in [0.4, 0.5) is 0 Å². The Morgan fingerprint density at radius 1 is 1.07 bits per heavy atom. The highest BCUT2D eigenvalue weighted by Crippen LogP contribution is 2.25. The minimum atomic E-state index is -0.865. The van der Waals surface area contributed by atoms with Crippen LogP contribution < -0.4 is 10.9 Å². The lowest BCUT2D eigenvalue weighted by molar-refractivity contribution is -0.129. The van der Waals surface area contributed by atoms with E-state index in [4.69, 9.17) is 0 Å². The van der Waals surface area contributed by atoms with Crippen LogP contribution in [0.1, 0.15) is 58.3 Å². The fourth-order valence-corrected chi connectivity index (χ4v) is 3.02. The molecule has 0 fully saturated rings. The van der Waals surface area contributed by atoms with Crippen LogP contribution in [0.25, 0.3) is 0 Å². The number of rotatable bonds is 9. The number of aliphatic imine (C=N–C) groups is 1. The van der Waals surface area contributed by atoms with Crippen molar-refractivity contribution in [2.24, 2.45) is 10.9 Å². The Hall–Kier alpha value is -2.70. The number of dihydropyridines is 1. The first kappa shape index (κ1) is 20.6. The molecular formula is C20H27N3O4. The van der Waals surface area contributed by atoms with Gasteiger partial charge in [-0.25, -0.2) is 4.99 Å². The van der Waals surface area contributed by atoms with Crippen molar-refractivity contribution < 1.29 is 19.5 Å². The van der Waals surface area contributed by atoms with Crippen LogP contribution in [0, 0.1) is 5.92 Å². The first-order valence-corrected chi connectivity index (χ1v) is 9.54. The summed E-state index contributed by atoms with van der Waals surface area (Å²) in [5, 5.41) is 10.3. The van der Waals surface area contributed by atoms with Gasteiger partial charge in [0.15, 0.2) is 0 Å². The Labute approximate surface area is 159 Å². The number of fused-ring (bicyclic) bond motifs is 1. The van der Waals surface area contributed by atoms with Crippen molar-refractivity contribution in [3.05, 3.63) is 35.6 Å². The molecule has 1 aliphatic carbocycles. The molecule has 0 aromatic carbocycles. The van der Waals surface area contributed by atoms with E-state index in [-0.39, 0.29) is 11.7 Å². The van der Waals surface area contributed by atoms with Crippen molar-refractivity contribution in [2.75, 3.05) is 0 Å². The zero-order chi connectivity index (χ0) is 19.6. The number of allylic oxidation sites excluding steroid dienone is 4. The van der Waals surface area contributed by atoms with E-state index in [1.54, 1.807) is 24.3 Å². The predicted molar refractivity (Wildman–Crippen MR) is 103 cm³/mol. The zero-order valence-electron chi connectivity index (χ0n) is 15.7. The first-order valence-electron chi connectivity index (χ1n) is 9.54. The van der Waals surface area contributed by atoms with Crippen LogP contribution in [0.2, 0.25) is 0 Å². The molecule has 0 aromatic rings. The lowest BCUT2D eigenvalue weighted by Crippen LogP contribution is -2.44. The monoisotopic (exact) mass is 373 g/mol. The number of aliphatic hydroxyl groups is 1. The van der Waals surface area contributed by atoms with Crippen LogP contribution in [-0.2, 0) is 14.4 Å². The molecule has 0 radical (unpaired) electrons. The summed E-state index contributed by atoms with van der Waals surface area (Å²) in [7, 11) is 0. The molecule has 0 aromatic heterocycles. The van der Waals surface area contributed by atoms with Gasteiger partial charge in [0.05, 0.1) is 11.6 Å². The summed E-state index contributed by atoms with van der Waals surface area (Å²) in [4.78, 5) is 39.9. The van der Waals surface area contributed by atoms with E-state index in [2.05, 4.69) is 22.8 Å². The smallest absolute Gasteiger partial charge is 0.286 e. The SMILES string of the molecule is CCCCCCCCCC(=O)NNC(=O)C1=C(O)C2C=CC=CC2=NC1=O. The van der Waals surface area contributed by atoms with E-state index in [9.17, 15) is 19.5 Å². The third-order valence-electron chi connectivity index (χ3n) is 4.55. The van der Waals surface area contributed by atoms with Gasteiger partial charge in [0.2, 0.25) is 5.91 Å². The van der Waals surface area contributed by atoms with E-state index in [1.165, 1.54) is 25.7 Å². The van der Waals surface area contributed by atoms with Crippen molar-refractivity contribution in [3.8, 4) is 0 Å². The number of hydrazine groups is 1. The van der Waals surface area contributed by atoms with Gasteiger partial charge in [0, 0.05) is 6.42 Å². The zero-order valence-corrected chi connectivity index (χ0v) is 15.7. The van der Waals surface area contributed by atoms with Crippen LogP contribution in [0.3, 0.4) is 0 Å². The van der Waals surface area contributed by atoms with Crippen LogP contribution in [-0.4, -0.2) is 28.5 Å². The number of nitrogens with zero attached hydrogens (tertiary/aromatic N) is 1. The van der Waals surface area contributed by atoms with Gasteiger partial charge in [-0.1, -0.05) is 63.7 Å². The summed E-state index contributed by atoms with van der Waals surface area (Å²) in [5.41, 5.74) is 4.42. The predicted octanol–water partition coefficient (Wildman–Crippen LogP) is 2.81. The van der Waals surface area contributed by atoms with Gasteiger partial charge in [-0.3, -0.25) is 25.2 Å². The third-order valence-corrected chi connectivity index (χ3v) is 4.55. The van der Waals surface area contributed by atoms with Gasteiger partial charge in [-0.15, -0.1) is 0 Å². The van der Waals surface area contributed by atoms with Crippen LogP contribution in [0.15, 0.2) is 40.6 Å². The molecule has 3 amide bonds. The maximum Gasteiger partial charge on any atom is 0.286 e. The van der Waals surface area contributed by atoms with Crippen molar-refractivity contribution >= 4 is 23.4 Å². The molecule has 1 atom stereocenters. The second-order valence-corrected chi connectivity index (χ2v) is 6.70. The van der Waals surface area contributed by atoms with Gasteiger partial charge in [0.1, 0.15) is 11.3 Å². The molecule has 1 aliphatic heterocycles. The number of carbonyl (C=O) groups is 3. The average molecular weight is 373 g/mol.